The summed E-state index contributed by atoms with van der Waals surface area (Å²) in [6.45, 7) is 8.64. The molecule has 0 fully saturated rings. The van der Waals surface area contributed by atoms with Gasteiger partial charge in [-0.2, -0.15) is 0 Å². The Morgan fingerprint density at radius 3 is 2.56 bits per heavy atom. The van der Waals surface area contributed by atoms with Crippen molar-refractivity contribution in [1.82, 2.24) is 4.98 Å². The largest absolute Gasteiger partial charge is 0.393 e. The highest BCUT2D eigenvalue weighted by Gasteiger charge is 2.17. The maximum Gasteiger partial charge on any atom is 0.0929 e. The van der Waals surface area contributed by atoms with Gasteiger partial charge in [0.2, 0.25) is 0 Å². The normalized spacial score (nSPS) is 14.1. The van der Waals surface area contributed by atoms with Crippen molar-refractivity contribution in [3.05, 3.63) is 16.1 Å². The molecule has 0 saturated heterocycles. The Bertz CT molecular complexity index is 314. The molecule has 0 radical (unpaired) electrons. The first-order chi connectivity index (χ1) is 7.43. The Labute approximate surface area is 103 Å². The fraction of sp³-hybridized carbons (Fsp3) is 0.769. The van der Waals surface area contributed by atoms with Gasteiger partial charge in [-0.25, -0.2) is 4.98 Å². The van der Waals surface area contributed by atoms with Crippen molar-refractivity contribution >= 4 is 11.3 Å². The Kier molecular flexibility index (Phi) is 4.93. The van der Waals surface area contributed by atoms with Crippen LogP contribution in [0.15, 0.2) is 5.38 Å². The van der Waals surface area contributed by atoms with Gasteiger partial charge in [0.05, 0.1) is 16.8 Å². The van der Waals surface area contributed by atoms with Crippen LogP contribution < -0.4 is 0 Å². The SMILES string of the molecule is CCCC(O)CCc1nc(C(C)(C)C)cs1. The molecule has 0 amide bonds. The minimum absolute atomic E-state index is 0.136. The van der Waals surface area contributed by atoms with Crippen molar-refractivity contribution < 1.29 is 5.11 Å². The first kappa shape index (κ1) is 13.7. The summed E-state index contributed by atoms with van der Waals surface area (Å²) in [7, 11) is 0. The second kappa shape index (κ2) is 5.78. The van der Waals surface area contributed by atoms with Crippen molar-refractivity contribution in [2.45, 2.75) is 64.9 Å². The van der Waals surface area contributed by atoms with Gasteiger partial charge in [0, 0.05) is 17.2 Å². The van der Waals surface area contributed by atoms with Crippen LogP contribution in [0.2, 0.25) is 0 Å². The molecular weight excluding hydrogens is 218 g/mol. The van der Waals surface area contributed by atoms with E-state index < -0.39 is 0 Å². The number of rotatable bonds is 5. The number of aliphatic hydroxyl groups excluding tert-OH is 1. The molecule has 0 spiro atoms. The molecule has 1 rings (SSSR count). The van der Waals surface area contributed by atoms with Gasteiger partial charge < -0.3 is 5.11 Å². The zero-order chi connectivity index (χ0) is 12.2. The minimum Gasteiger partial charge on any atom is -0.393 e. The summed E-state index contributed by atoms with van der Waals surface area (Å²) >= 11 is 1.71. The molecule has 0 saturated carbocycles. The van der Waals surface area contributed by atoms with Crippen LogP contribution in [0.4, 0.5) is 0 Å². The van der Waals surface area contributed by atoms with E-state index in [1.807, 2.05) is 0 Å². The quantitative estimate of drug-likeness (QED) is 0.855. The summed E-state index contributed by atoms with van der Waals surface area (Å²) in [6, 6.07) is 0. The molecule has 0 aliphatic carbocycles. The van der Waals surface area contributed by atoms with Crippen molar-refractivity contribution in [2.24, 2.45) is 0 Å². The molecule has 1 atom stereocenters. The summed E-state index contributed by atoms with van der Waals surface area (Å²) < 4.78 is 0. The molecule has 1 aromatic heterocycles. The Morgan fingerprint density at radius 1 is 1.38 bits per heavy atom. The van der Waals surface area contributed by atoms with Crippen molar-refractivity contribution in [3.8, 4) is 0 Å². The fourth-order valence-corrected chi connectivity index (χ4v) is 2.58. The number of hydrogen-bond acceptors (Lipinski definition) is 3. The average molecular weight is 241 g/mol. The van der Waals surface area contributed by atoms with Crippen LogP contribution in [0.5, 0.6) is 0 Å². The standard InChI is InChI=1S/C13H23NOS/c1-5-6-10(15)7-8-12-14-11(9-16-12)13(2,3)4/h9-10,15H,5-8H2,1-4H3. The molecule has 0 aliphatic rings. The molecule has 3 heteroatoms. The highest BCUT2D eigenvalue weighted by molar-refractivity contribution is 7.09. The predicted octanol–water partition coefficient (Wildman–Crippen LogP) is 3.53. The predicted molar refractivity (Wildman–Crippen MR) is 70.0 cm³/mol. The maximum atomic E-state index is 9.65. The van der Waals surface area contributed by atoms with Crippen LogP contribution in [0, 0.1) is 0 Å². The van der Waals surface area contributed by atoms with Gasteiger partial charge in [-0.15, -0.1) is 11.3 Å². The number of thiazole rings is 1. The Balaban J connectivity index is 2.47. The summed E-state index contributed by atoms with van der Waals surface area (Å²) in [6.07, 6.45) is 3.53. The molecule has 1 N–H and O–H groups in total. The van der Waals surface area contributed by atoms with Crippen LogP contribution in [-0.4, -0.2) is 16.2 Å². The monoisotopic (exact) mass is 241 g/mol. The summed E-state index contributed by atoms with van der Waals surface area (Å²) in [4.78, 5) is 4.62. The molecule has 92 valence electrons. The summed E-state index contributed by atoms with van der Waals surface area (Å²) in [5, 5.41) is 12.9. The third-order valence-corrected chi connectivity index (χ3v) is 3.54. The molecule has 0 aromatic carbocycles. The minimum atomic E-state index is -0.160. The van der Waals surface area contributed by atoms with Crippen LogP contribution >= 0.6 is 11.3 Å². The lowest BCUT2D eigenvalue weighted by Crippen LogP contribution is -2.12. The van der Waals surface area contributed by atoms with E-state index in [9.17, 15) is 5.11 Å². The van der Waals surface area contributed by atoms with Crippen LogP contribution in [0.3, 0.4) is 0 Å². The second-order valence-corrected chi connectivity index (χ2v) is 6.30. The first-order valence-corrected chi connectivity index (χ1v) is 6.94. The van der Waals surface area contributed by atoms with Crippen molar-refractivity contribution in [2.75, 3.05) is 0 Å². The first-order valence-electron chi connectivity index (χ1n) is 6.06. The average Bonchev–Trinajstić information content (AvgIpc) is 2.63. The van der Waals surface area contributed by atoms with Gasteiger partial charge in [0.25, 0.3) is 0 Å². The van der Waals surface area contributed by atoms with E-state index in [1.54, 1.807) is 11.3 Å². The molecule has 0 bridgehead atoms. The van der Waals surface area contributed by atoms with Crippen molar-refractivity contribution in [1.29, 1.82) is 0 Å². The van der Waals surface area contributed by atoms with Gasteiger partial charge in [0.1, 0.15) is 0 Å². The van der Waals surface area contributed by atoms with Crippen LogP contribution in [-0.2, 0) is 11.8 Å². The van der Waals surface area contributed by atoms with E-state index in [-0.39, 0.29) is 11.5 Å². The lowest BCUT2D eigenvalue weighted by atomic mass is 9.93. The molecule has 1 unspecified atom stereocenters. The molecule has 1 heterocycles. The molecule has 2 nitrogen and oxygen atoms in total. The molecular formula is C13H23NOS. The second-order valence-electron chi connectivity index (χ2n) is 5.36. The number of nitrogens with zero attached hydrogens (tertiary/aromatic N) is 1. The van der Waals surface area contributed by atoms with Gasteiger partial charge in [0.15, 0.2) is 0 Å². The van der Waals surface area contributed by atoms with E-state index in [0.29, 0.717) is 0 Å². The topological polar surface area (TPSA) is 33.1 Å². The number of aryl methyl sites for hydroxylation is 1. The number of aliphatic hydroxyl groups is 1. The third-order valence-electron chi connectivity index (χ3n) is 2.63. The van der Waals surface area contributed by atoms with E-state index in [4.69, 9.17) is 0 Å². The smallest absolute Gasteiger partial charge is 0.0929 e. The highest BCUT2D eigenvalue weighted by atomic mass is 32.1. The van der Waals surface area contributed by atoms with E-state index in [0.717, 1.165) is 36.4 Å². The van der Waals surface area contributed by atoms with E-state index >= 15 is 0 Å². The fourth-order valence-electron chi connectivity index (χ4n) is 1.54. The van der Waals surface area contributed by atoms with Crippen LogP contribution in [0.25, 0.3) is 0 Å². The van der Waals surface area contributed by atoms with E-state index in [1.165, 1.54) is 0 Å². The molecule has 0 aliphatic heterocycles. The summed E-state index contributed by atoms with van der Waals surface area (Å²) in [5.74, 6) is 0. The third kappa shape index (κ3) is 4.22. The zero-order valence-corrected chi connectivity index (χ0v) is 11.6. The van der Waals surface area contributed by atoms with Crippen LogP contribution in [0.1, 0.15) is 57.7 Å². The van der Waals surface area contributed by atoms with Gasteiger partial charge in [-0.3, -0.25) is 0 Å². The lowest BCUT2D eigenvalue weighted by molar-refractivity contribution is 0.154. The van der Waals surface area contributed by atoms with Gasteiger partial charge >= 0.3 is 0 Å². The van der Waals surface area contributed by atoms with Gasteiger partial charge in [-0.1, -0.05) is 34.1 Å². The molecule has 1 aromatic rings. The number of aromatic nitrogens is 1. The zero-order valence-electron chi connectivity index (χ0n) is 10.8. The maximum absolute atomic E-state index is 9.65. The highest BCUT2D eigenvalue weighted by Crippen LogP contribution is 2.24. The van der Waals surface area contributed by atoms with Gasteiger partial charge in [-0.05, 0) is 12.8 Å². The summed E-state index contributed by atoms with van der Waals surface area (Å²) in [5.41, 5.74) is 1.30. The van der Waals surface area contributed by atoms with Crippen molar-refractivity contribution in [3.63, 3.8) is 0 Å². The lowest BCUT2D eigenvalue weighted by Gasteiger charge is -2.14. The molecule has 16 heavy (non-hydrogen) atoms. The Hall–Kier alpha value is -0.410. The Morgan fingerprint density at radius 2 is 2.06 bits per heavy atom. The number of hydrogen-bond donors (Lipinski definition) is 1. The van der Waals surface area contributed by atoms with E-state index in [2.05, 4.69) is 38.1 Å².